The monoisotopic (exact) mass is 246 g/mol. The number of methoxy groups -OCH3 is 1. The van der Waals surface area contributed by atoms with Crippen LogP contribution in [0.4, 0.5) is 0 Å². The van der Waals surface area contributed by atoms with Crippen molar-refractivity contribution in [1.82, 2.24) is 9.78 Å². The molecule has 0 saturated heterocycles. The topological polar surface area (TPSA) is 53.4 Å². The second kappa shape index (κ2) is 5.46. The molecular weight excluding hydrogens is 232 g/mol. The lowest BCUT2D eigenvalue weighted by molar-refractivity contribution is 0.0470. The van der Waals surface area contributed by atoms with Gasteiger partial charge in [0.15, 0.2) is 13.1 Å². The van der Waals surface area contributed by atoms with E-state index in [0.717, 1.165) is 11.3 Å². The number of benzene rings is 1. The van der Waals surface area contributed by atoms with Gasteiger partial charge in [0, 0.05) is 13.3 Å². The number of hydrogen-bond donors (Lipinski definition) is 0. The van der Waals surface area contributed by atoms with Gasteiger partial charge in [0.2, 0.25) is 5.88 Å². The minimum atomic E-state index is 0.0611. The molecule has 0 spiro atoms. The molecule has 2 aromatic rings. The summed E-state index contributed by atoms with van der Waals surface area (Å²) >= 11 is 0. The first kappa shape index (κ1) is 12.3. The molecule has 0 atom stereocenters. The Kier molecular flexibility index (Phi) is 3.74. The number of carbonyl (C=O) groups is 1. The van der Waals surface area contributed by atoms with Gasteiger partial charge in [-0.3, -0.25) is 4.79 Å². The van der Waals surface area contributed by atoms with Gasteiger partial charge in [-0.15, -0.1) is 5.10 Å². The highest BCUT2D eigenvalue weighted by Gasteiger charge is 2.11. The van der Waals surface area contributed by atoms with E-state index >= 15 is 0 Å². The predicted octanol–water partition coefficient (Wildman–Crippen LogP) is 1.98. The molecule has 0 aliphatic heterocycles. The lowest BCUT2D eigenvalue weighted by Gasteiger charge is -2.04. The van der Waals surface area contributed by atoms with Crippen molar-refractivity contribution in [2.75, 3.05) is 13.9 Å². The highest BCUT2D eigenvalue weighted by atomic mass is 16.7. The van der Waals surface area contributed by atoms with E-state index in [1.807, 2.05) is 31.2 Å². The number of aryl methyl sites for hydroxylation is 1. The van der Waals surface area contributed by atoms with Crippen LogP contribution in [0.3, 0.4) is 0 Å². The van der Waals surface area contributed by atoms with E-state index in [1.165, 1.54) is 7.11 Å². The van der Waals surface area contributed by atoms with Gasteiger partial charge < -0.3 is 9.47 Å². The Bertz CT molecular complexity index is 549. The van der Waals surface area contributed by atoms with E-state index in [4.69, 9.17) is 9.47 Å². The van der Waals surface area contributed by atoms with Crippen LogP contribution in [0, 0.1) is 6.92 Å². The van der Waals surface area contributed by atoms with Crippen LogP contribution < -0.4 is 4.74 Å². The van der Waals surface area contributed by atoms with E-state index in [1.54, 1.807) is 10.9 Å². The molecule has 1 aromatic carbocycles. The van der Waals surface area contributed by atoms with Crippen LogP contribution >= 0.6 is 0 Å². The van der Waals surface area contributed by atoms with Gasteiger partial charge in [-0.1, -0.05) is 18.2 Å². The van der Waals surface area contributed by atoms with Crippen LogP contribution in [-0.2, 0) is 4.74 Å². The van der Waals surface area contributed by atoms with Gasteiger partial charge in [-0.2, -0.15) is 0 Å². The van der Waals surface area contributed by atoms with Crippen molar-refractivity contribution in [2.24, 2.45) is 0 Å². The maximum atomic E-state index is 10.9. The van der Waals surface area contributed by atoms with Gasteiger partial charge in [0.25, 0.3) is 0 Å². The van der Waals surface area contributed by atoms with Crippen LogP contribution in [0.25, 0.3) is 5.69 Å². The first-order valence-corrected chi connectivity index (χ1v) is 5.49. The predicted molar refractivity (Wildman–Crippen MR) is 66.2 cm³/mol. The second-order valence-corrected chi connectivity index (χ2v) is 3.79. The zero-order valence-electron chi connectivity index (χ0n) is 10.3. The van der Waals surface area contributed by atoms with Crippen molar-refractivity contribution >= 4 is 6.29 Å². The van der Waals surface area contributed by atoms with E-state index in [-0.39, 0.29) is 12.7 Å². The Morgan fingerprint density at radius 1 is 1.39 bits per heavy atom. The van der Waals surface area contributed by atoms with Crippen LogP contribution in [0.5, 0.6) is 5.88 Å². The summed E-state index contributed by atoms with van der Waals surface area (Å²) < 4.78 is 11.7. The molecule has 0 N–H and O–H groups in total. The van der Waals surface area contributed by atoms with Crippen molar-refractivity contribution in [3.8, 4) is 11.6 Å². The molecule has 0 bridgehead atoms. The summed E-state index contributed by atoms with van der Waals surface area (Å²) in [5.41, 5.74) is 2.37. The summed E-state index contributed by atoms with van der Waals surface area (Å²) in [6.07, 6.45) is 2.35. The van der Waals surface area contributed by atoms with Crippen LogP contribution in [-0.4, -0.2) is 30.0 Å². The molecule has 0 aliphatic carbocycles. The Balaban J connectivity index is 2.38. The number of nitrogens with zero attached hydrogens (tertiary/aromatic N) is 2. The van der Waals surface area contributed by atoms with Crippen molar-refractivity contribution in [2.45, 2.75) is 6.92 Å². The SMILES string of the molecule is COCOc1nn(-c2ccccc2C)cc1C=O. The molecule has 0 aliphatic rings. The normalized spacial score (nSPS) is 10.3. The summed E-state index contributed by atoms with van der Waals surface area (Å²) in [4.78, 5) is 10.9. The largest absolute Gasteiger partial charge is 0.449 e. The third-order valence-corrected chi connectivity index (χ3v) is 2.51. The minimum Gasteiger partial charge on any atom is -0.449 e. The highest BCUT2D eigenvalue weighted by Crippen LogP contribution is 2.19. The summed E-state index contributed by atoms with van der Waals surface area (Å²) in [7, 11) is 1.51. The van der Waals surface area contributed by atoms with Crippen LogP contribution in [0.2, 0.25) is 0 Å². The quantitative estimate of drug-likeness (QED) is 0.598. The second-order valence-electron chi connectivity index (χ2n) is 3.79. The third-order valence-electron chi connectivity index (χ3n) is 2.51. The Morgan fingerprint density at radius 2 is 2.17 bits per heavy atom. The molecular formula is C13H14N2O3. The van der Waals surface area contributed by atoms with E-state index in [0.29, 0.717) is 11.8 Å². The van der Waals surface area contributed by atoms with Crippen molar-refractivity contribution in [3.63, 3.8) is 0 Å². The standard InChI is InChI=1S/C13H14N2O3/c1-10-5-3-4-6-12(10)15-7-11(8-16)13(14-15)18-9-17-2/h3-8H,9H2,1-2H3. The molecule has 0 amide bonds. The summed E-state index contributed by atoms with van der Waals surface area (Å²) in [5, 5.41) is 4.23. The lowest BCUT2D eigenvalue weighted by atomic mass is 10.2. The minimum absolute atomic E-state index is 0.0611. The first-order chi connectivity index (χ1) is 8.76. The van der Waals surface area contributed by atoms with Crippen LogP contribution in [0.1, 0.15) is 15.9 Å². The lowest BCUT2D eigenvalue weighted by Crippen LogP contribution is -2.02. The van der Waals surface area contributed by atoms with E-state index < -0.39 is 0 Å². The average molecular weight is 246 g/mol. The average Bonchev–Trinajstić information content (AvgIpc) is 2.80. The molecule has 2 rings (SSSR count). The zero-order chi connectivity index (χ0) is 13.0. The number of para-hydroxylation sites is 1. The molecule has 0 unspecified atom stereocenters. The van der Waals surface area contributed by atoms with E-state index in [2.05, 4.69) is 5.10 Å². The molecule has 94 valence electrons. The third kappa shape index (κ3) is 2.41. The summed E-state index contributed by atoms with van der Waals surface area (Å²) in [5.74, 6) is 0.273. The molecule has 0 radical (unpaired) electrons. The number of aromatic nitrogens is 2. The number of rotatable bonds is 5. The molecule has 5 nitrogen and oxygen atoms in total. The van der Waals surface area contributed by atoms with Gasteiger partial charge >= 0.3 is 0 Å². The first-order valence-electron chi connectivity index (χ1n) is 5.49. The Hall–Kier alpha value is -2.14. The van der Waals surface area contributed by atoms with Gasteiger partial charge in [-0.25, -0.2) is 4.68 Å². The fourth-order valence-electron chi connectivity index (χ4n) is 1.62. The maximum Gasteiger partial charge on any atom is 0.246 e. The van der Waals surface area contributed by atoms with Crippen molar-refractivity contribution in [3.05, 3.63) is 41.6 Å². The number of aldehydes is 1. The molecule has 18 heavy (non-hydrogen) atoms. The fraction of sp³-hybridized carbons (Fsp3) is 0.231. The van der Waals surface area contributed by atoms with Gasteiger partial charge in [0.05, 0.1) is 11.3 Å². The summed E-state index contributed by atoms with van der Waals surface area (Å²) in [6, 6.07) is 7.77. The smallest absolute Gasteiger partial charge is 0.246 e. The molecule has 5 heteroatoms. The number of carbonyl (C=O) groups excluding carboxylic acids is 1. The molecule has 0 saturated carbocycles. The van der Waals surface area contributed by atoms with E-state index in [9.17, 15) is 4.79 Å². The maximum absolute atomic E-state index is 10.9. The van der Waals surface area contributed by atoms with Crippen LogP contribution in [0.15, 0.2) is 30.5 Å². The number of ether oxygens (including phenoxy) is 2. The Morgan fingerprint density at radius 3 is 2.83 bits per heavy atom. The fourth-order valence-corrected chi connectivity index (χ4v) is 1.62. The van der Waals surface area contributed by atoms with Gasteiger partial charge in [0.1, 0.15) is 0 Å². The highest BCUT2D eigenvalue weighted by molar-refractivity contribution is 5.78. The Labute approximate surface area is 105 Å². The van der Waals surface area contributed by atoms with Gasteiger partial charge in [-0.05, 0) is 18.6 Å². The zero-order valence-corrected chi connectivity index (χ0v) is 10.3. The van der Waals surface area contributed by atoms with Crippen molar-refractivity contribution < 1.29 is 14.3 Å². The molecule has 1 aromatic heterocycles. The molecule has 0 fully saturated rings. The van der Waals surface area contributed by atoms with Crippen molar-refractivity contribution in [1.29, 1.82) is 0 Å². The summed E-state index contributed by atoms with van der Waals surface area (Å²) in [6.45, 7) is 2.04. The number of hydrogen-bond acceptors (Lipinski definition) is 4. The molecule has 1 heterocycles.